The molecule has 0 aliphatic rings. The molecule has 2 unspecified atom stereocenters. The highest BCUT2D eigenvalue weighted by atomic mass is 16.7. The molecule has 0 aliphatic heterocycles. The normalized spacial score (nSPS) is 13.0. The van der Waals surface area contributed by atoms with E-state index in [1.165, 1.54) is 64.2 Å². The zero-order chi connectivity index (χ0) is 44.3. The van der Waals surface area contributed by atoms with Gasteiger partial charge in [-0.05, 0) is 96.7 Å². The van der Waals surface area contributed by atoms with Crippen LogP contribution in [0, 0.1) is 11.8 Å². The number of likely N-dealkylation sites (N-methyl/N-ethyl adjacent to an activating group) is 2. The van der Waals surface area contributed by atoms with E-state index in [4.69, 9.17) is 18.9 Å². The second-order valence-corrected chi connectivity index (χ2v) is 17.2. The first-order valence-corrected chi connectivity index (χ1v) is 25.5. The van der Waals surface area contributed by atoms with Gasteiger partial charge in [-0.25, -0.2) is 4.79 Å². The Labute approximate surface area is 371 Å². The maximum Gasteiger partial charge on any atom is 0.508 e. The molecule has 9 heteroatoms. The van der Waals surface area contributed by atoms with E-state index in [1.54, 1.807) is 0 Å². The van der Waals surface area contributed by atoms with E-state index in [-0.39, 0.29) is 36.5 Å². The van der Waals surface area contributed by atoms with Crippen LogP contribution in [0.15, 0.2) is 12.7 Å². The summed E-state index contributed by atoms with van der Waals surface area (Å²) in [5.74, 6) is -0.138. The van der Waals surface area contributed by atoms with Gasteiger partial charge in [0.1, 0.15) is 12.7 Å². The number of carbonyl (C=O) groups is 3. The van der Waals surface area contributed by atoms with Gasteiger partial charge in [-0.1, -0.05) is 150 Å². The Balaban J connectivity index is 5.17. The predicted octanol–water partition coefficient (Wildman–Crippen LogP) is 13.7. The van der Waals surface area contributed by atoms with E-state index < -0.39 is 6.16 Å². The number of unbranched alkanes of at least 4 members (excludes halogenated alkanes) is 16. The van der Waals surface area contributed by atoms with E-state index in [0.717, 1.165) is 135 Å². The summed E-state index contributed by atoms with van der Waals surface area (Å²) in [5.41, 5.74) is 0. The van der Waals surface area contributed by atoms with Crippen LogP contribution in [0.25, 0.3) is 0 Å². The Bertz CT molecular complexity index is 991. The first-order valence-electron chi connectivity index (χ1n) is 25.5. The standard InChI is InChI=1S/C51H98N2O7/c1-8-15-19-23-25-29-37-47(35-27-22-18-11-4)50(55)58-44-33-31-39-48(60-51(56)59-45-42-53(14-7)41-40-52(12-5)13-6)38-30-32-43-57-49(54)46(34-26-21-17-10-3)36-28-24-20-16-9-2/h9,46-48H,2,8,10-45H2,1,3-7H3/t46?,47-,48?/m1/s1. The number of hydrogen-bond acceptors (Lipinski definition) is 9. The molecule has 60 heavy (non-hydrogen) atoms. The van der Waals surface area contributed by atoms with Crippen LogP contribution in [0.1, 0.15) is 221 Å². The van der Waals surface area contributed by atoms with E-state index >= 15 is 0 Å². The third-order valence-electron chi connectivity index (χ3n) is 12.1. The fraction of sp³-hybridized carbons (Fsp3) is 0.902. The van der Waals surface area contributed by atoms with Gasteiger partial charge in [0.15, 0.2) is 0 Å². The first kappa shape index (κ1) is 57.9. The minimum atomic E-state index is -0.628. The zero-order valence-electron chi connectivity index (χ0n) is 40.4. The number of allylic oxidation sites excluding steroid dienone is 1. The molecule has 0 spiro atoms. The van der Waals surface area contributed by atoms with Crippen LogP contribution >= 0.6 is 0 Å². The van der Waals surface area contributed by atoms with Crippen molar-refractivity contribution in [3.63, 3.8) is 0 Å². The van der Waals surface area contributed by atoms with E-state index in [1.807, 2.05) is 6.08 Å². The fourth-order valence-electron chi connectivity index (χ4n) is 7.89. The number of carbonyl (C=O) groups excluding carboxylic acids is 3. The third kappa shape index (κ3) is 34.5. The average molecular weight is 851 g/mol. The van der Waals surface area contributed by atoms with Gasteiger partial charge in [-0.2, -0.15) is 0 Å². The third-order valence-corrected chi connectivity index (χ3v) is 12.1. The molecular weight excluding hydrogens is 753 g/mol. The van der Waals surface area contributed by atoms with Crippen molar-refractivity contribution in [1.29, 1.82) is 0 Å². The molecule has 0 N–H and O–H groups in total. The molecule has 0 amide bonds. The lowest BCUT2D eigenvalue weighted by Gasteiger charge is -2.25. The average Bonchev–Trinajstić information content (AvgIpc) is 3.25. The Morgan fingerprint density at radius 3 is 1.30 bits per heavy atom. The van der Waals surface area contributed by atoms with Gasteiger partial charge in [0, 0.05) is 19.6 Å². The highest BCUT2D eigenvalue weighted by Gasteiger charge is 2.22. The van der Waals surface area contributed by atoms with E-state index in [0.29, 0.717) is 32.6 Å². The monoisotopic (exact) mass is 851 g/mol. The Morgan fingerprint density at radius 2 is 0.850 bits per heavy atom. The summed E-state index contributed by atoms with van der Waals surface area (Å²) in [6.07, 6.45) is 29.9. The van der Waals surface area contributed by atoms with Crippen LogP contribution in [0.2, 0.25) is 0 Å². The predicted molar refractivity (Wildman–Crippen MR) is 252 cm³/mol. The molecule has 0 fully saturated rings. The number of nitrogens with zero attached hydrogens (tertiary/aromatic N) is 2. The van der Waals surface area contributed by atoms with Crippen molar-refractivity contribution >= 4 is 18.1 Å². The van der Waals surface area contributed by atoms with E-state index in [9.17, 15) is 14.4 Å². The summed E-state index contributed by atoms with van der Waals surface area (Å²) >= 11 is 0. The van der Waals surface area contributed by atoms with Crippen LogP contribution in [0.3, 0.4) is 0 Å². The summed E-state index contributed by atoms with van der Waals surface area (Å²) in [6.45, 7) is 23.6. The number of hydrogen-bond donors (Lipinski definition) is 0. The molecule has 0 aromatic heterocycles. The molecule has 0 saturated heterocycles. The van der Waals surface area contributed by atoms with Gasteiger partial charge in [-0.15, -0.1) is 6.58 Å². The molecule has 0 aliphatic carbocycles. The van der Waals surface area contributed by atoms with Crippen LogP contribution < -0.4 is 0 Å². The van der Waals surface area contributed by atoms with E-state index in [2.05, 4.69) is 57.9 Å². The summed E-state index contributed by atoms with van der Waals surface area (Å²) < 4.78 is 23.2. The Kier molecular flexibility index (Phi) is 42.0. The Morgan fingerprint density at radius 1 is 0.450 bits per heavy atom. The fourth-order valence-corrected chi connectivity index (χ4v) is 7.89. The SMILES string of the molecule is C=CCCCCCC(CCCCCC)C(=O)OCCCCC(CCCCOC(=O)[C@H](CCCCCC)CCCCCCCC)OC(=O)OCCN(CC)CCN(CC)CC. The molecule has 9 nitrogen and oxygen atoms in total. The molecule has 0 aromatic rings. The van der Waals surface area contributed by atoms with Gasteiger partial charge < -0.3 is 23.8 Å². The molecule has 0 radical (unpaired) electrons. The zero-order valence-corrected chi connectivity index (χ0v) is 40.4. The minimum Gasteiger partial charge on any atom is -0.465 e. The molecule has 0 bridgehead atoms. The summed E-state index contributed by atoms with van der Waals surface area (Å²) in [7, 11) is 0. The highest BCUT2D eigenvalue weighted by molar-refractivity contribution is 5.72. The van der Waals surface area contributed by atoms with Crippen LogP contribution in [0.4, 0.5) is 4.79 Å². The lowest BCUT2D eigenvalue weighted by atomic mass is 9.94. The quantitative estimate of drug-likeness (QED) is 0.0257. The minimum absolute atomic E-state index is 0.00693. The smallest absolute Gasteiger partial charge is 0.465 e. The van der Waals surface area contributed by atoms with Crippen LogP contribution in [-0.2, 0) is 28.5 Å². The van der Waals surface area contributed by atoms with Crippen molar-refractivity contribution in [2.45, 2.75) is 227 Å². The van der Waals surface area contributed by atoms with Crippen molar-refractivity contribution in [3.05, 3.63) is 12.7 Å². The number of ether oxygens (including phenoxy) is 4. The summed E-state index contributed by atoms with van der Waals surface area (Å²) in [4.78, 5) is 44.0. The number of esters is 2. The van der Waals surface area contributed by atoms with Crippen LogP contribution in [0.5, 0.6) is 0 Å². The van der Waals surface area contributed by atoms with Gasteiger partial charge in [-0.3, -0.25) is 14.5 Å². The topological polar surface area (TPSA) is 94.6 Å². The van der Waals surface area contributed by atoms with Crippen molar-refractivity contribution in [2.75, 3.05) is 59.1 Å². The van der Waals surface area contributed by atoms with Gasteiger partial charge in [0.05, 0.1) is 25.0 Å². The second kappa shape index (κ2) is 43.5. The molecule has 3 atom stereocenters. The van der Waals surface area contributed by atoms with Crippen LogP contribution in [-0.4, -0.2) is 93.1 Å². The maximum atomic E-state index is 13.2. The largest absolute Gasteiger partial charge is 0.508 e. The lowest BCUT2D eigenvalue weighted by molar-refractivity contribution is -0.150. The van der Waals surface area contributed by atoms with Gasteiger partial charge in [0.2, 0.25) is 0 Å². The Hall–Kier alpha value is -2.13. The van der Waals surface area contributed by atoms with Crippen molar-refractivity contribution in [3.8, 4) is 0 Å². The van der Waals surface area contributed by atoms with Crippen molar-refractivity contribution in [1.82, 2.24) is 9.80 Å². The molecular formula is C51H98N2O7. The van der Waals surface area contributed by atoms with Crippen molar-refractivity contribution < 1.29 is 33.3 Å². The summed E-state index contributed by atoms with van der Waals surface area (Å²) in [6, 6.07) is 0. The number of rotatable bonds is 45. The second-order valence-electron chi connectivity index (χ2n) is 17.2. The molecule has 354 valence electrons. The highest BCUT2D eigenvalue weighted by Crippen LogP contribution is 2.23. The van der Waals surface area contributed by atoms with Crippen molar-refractivity contribution in [2.24, 2.45) is 11.8 Å². The van der Waals surface area contributed by atoms with Gasteiger partial charge >= 0.3 is 18.1 Å². The molecule has 0 rings (SSSR count). The molecule has 0 saturated carbocycles. The summed E-state index contributed by atoms with van der Waals surface area (Å²) in [5, 5.41) is 0. The lowest BCUT2D eigenvalue weighted by Crippen LogP contribution is -2.37. The maximum absolute atomic E-state index is 13.2. The molecule has 0 heterocycles. The van der Waals surface area contributed by atoms with Gasteiger partial charge in [0.25, 0.3) is 0 Å². The molecule has 0 aromatic carbocycles. The first-order chi connectivity index (χ1) is 29.3.